The van der Waals surface area contributed by atoms with Crippen LogP contribution in [-0.4, -0.2) is 25.2 Å². The van der Waals surface area contributed by atoms with Crippen LogP contribution in [-0.2, 0) is 0 Å². The van der Waals surface area contributed by atoms with E-state index in [-0.39, 0.29) is 24.8 Å². The van der Waals surface area contributed by atoms with Crippen molar-refractivity contribution in [3.05, 3.63) is 23.9 Å². The van der Waals surface area contributed by atoms with E-state index in [2.05, 4.69) is 16.4 Å². The van der Waals surface area contributed by atoms with Gasteiger partial charge in [0.2, 0.25) is 5.88 Å². The summed E-state index contributed by atoms with van der Waals surface area (Å²) in [7, 11) is 1.65. The highest BCUT2D eigenvalue weighted by Crippen LogP contribution is 2.25. The molecule has 1 N–H and O–H groups in total. The average Bonchev–Trinajstić information content (AvgIpc) is 2.30. The van der Waals surface area contributed by atoms with Gasteiger partial charge in [0.1, 0.15) is 0 Å². The first-order valence-corrected chi connectivity index (χ1v) is 5.11. The molecule has 1 aliphatic heterocycles. The smallest absolute Gasteiger partial charge is 0.212 e. The molecule has 0 bridgehead atoms. The number of ether oxygens (including phenoxy) is 1. The zero-order valence-corrected chi connectivity index (χ0v) is 10.9. The molecule has 1 aromatic rings. The molecule has 0 spiro atoms. The minimum atomic E-state index is 0. The van der Waals surface area contributed by atoms with Crippen LogP contribution in [0.15, 0.2) is 18.3 Å². The van der Waals surface area contributed by atoms with Crippen LogP contribution in [0.5, 0.6) is 5.88 Å². The van der Waals surface area contributed by atoms with Gasteiger partial charge < -0.3 is 10.1 Å². The Hall–Kier alpha value is -0.510. The molecule has 16 heavy (non-hydrogen) atoms. The van der Waals surface area contributed by atoms with E-state index in [4.69, 9.17) is 4.74 Å². The number of nitrogens with one attached hydrogen (secondary N) is 1. The molecule has 0 saturated carbocycles. The van der Waals surface area contributed by atoms with Crippen molar-refractivity contribution in [2.24, 2.45) is 0 Å². The van der Waals surface area contributed by atoms with E-state index < -0.39 is 0 Å². The summed E-state index contributed by atoms with van der Waals surface area (Å²) in [5.41, 5.74) is 1.34. The van der Waals surface area contributed by atoms with E-state index in [1.165, 1.54) is 18.4 Å². The fourth-order valence-corrected chi connectivity index (χ4v) is 1.91. The van der Waals surface area contributed by atoms with Crippen molar-refractivity contribution in [3.63, 3.8) is 0 Å². The number of aromatic nitrogens is 1. The van der Waals surface area contributed by atoms with E-state index in [0.717, 1.165) is 13.1 Å². The first kappa shape index (κ1) is 15.5. The third-order valence-electron chi connectivity index (χ3n) is 2.78. The molecule has 1 aliphatic rings. The molecule has 0 aromatic carbocycles. The predicted molar refractivity (Wildman–Crippen MR) is 70.1 cm³/mol. The van der Waals surface area contributed by atoms with Gasteiger partial charge in [0, 0.05) is 12.3 Å². The van der Waals surface area contributed by atoms with Gasteiger partial charge in [-0.15, -0.1) is 24.8 Å². The van der Waals surface area contributed by atoms with Gasteiger partial charge in [-0.3, -0.25) is 0 Å². The first-order valence-electron chi connectivity index (χ1n) is 5.11. The number of piperidine rings is 1. The molecule has 2 heterocycles. The lowest BCUT2D eigenvalue weighted by atomic mass is 9.91. The Morgan fingerprint density at radius 2 is 1.94 bits per heavy atom. The molecule has 0 aliphatic carbocycles. The number of methoxy groups -OCH3 is 1. The number of pyridine rings is 1. The fraction of sp³-hybridized carbons (Fsp3) is 0.545. The summed E-state index contributed by atoms with van der Waals surface area (Å²) < 4.78 is 5.03. The Morgan fingerprint density at radius 1 is 1.25 bits per heavy atom. The zero-order chi connectivity index (χ0) is 9.80. The zero-order valence-electron chi connectivity index (χ0n) is 9.31. The summed E-state index contributed by atoms with van der Waals surface area (Å²) in [5.74, 6) is 1.37. The summed E-state index contributed by atoms with van der Waals surface area (Å²) in [6.07, 6.45) is 4.37. The lowest BCUT2D eigenvalue weighted by molar-refractivity contribution is 0.396. The van der Waals surface area contributed by atoms with Crippen LogP contribution >= 0.6 is 24.8 Å². The van der Waals surface area contributed by atoms with Gasteiger partial charge in [0.25, 0.3) is 0 Å². The first-order chi connectivity index (χ1) is 6.90. The lowest BCUT2D eigenvalue weighted by Crippen LogP contribution is -2.26. The quantitative estimate of drug-likeness (QED) is 0.891. The van der Waals surface area contributed by atoms with Crippen LogP contribution in [0.3, 0.4) is 0 Å². The summed E-state index contributed by atoms with van der Waals surface area (Å²) in [4.78, 5) is 4.23. The SMILES string of the molecule is COc1ccc(C2CCNCC2)cn1.Cl.Cl. The number of halogens is 2. The minimum Gasteiger partial charge on any atom is -0.481 e. The Morgan fingerprint density at radius 3 is 2.44 bits per heavy atom. The molecule has 0 atom stereocenters. The van der Waals surface area contributed by atoms with Gasteiger partial charge in [0.15, 0.2) is 0 Å². The van der Waals surface area contributed by atoms with Crippen LogP contribution < -0.4 is 10.1 Å². The largest absolute Gasteiger partial charge is 0.481 e. The summed E-state index contributed by atoms with van der Waals surface area (Å²) in [6.45, 7) is 2.24. The van der Waals surface area contributed by atoms with Crippen molar-refractivity contribution >= 4 is 24.8 Å². The van der Waals surface area contributed by atoms with E-state index in [1.807, 2.05) is 12.3 Å². The average molecular weight is 265 g/mol. The van der Waals surface area contributed by atoms with E-state index >= 15 is 0 Å². The molecule has 92 valence electrons. The van der Waals surface area contributed by atoms with Gasteiger partial charge >= 0.3 is 0 Å². The van der Waals surface area contributed by atoms with Gasteiger partial charge in [0.05, 0.1) is 7.11 Å². The standard InChI is InChI=1S/C11H16N2O.2ClH/c1-14-11-3-2-10(8-13-11)9-4-6-12-7-5-9;;/h2-3,8-9,12H,4-7H2,1H3;2*1H. The van der Waals surface area contributed by atoms with Gasteiger partial charge in [-0.25, -0.2) is 4.98 Å². The van der Waals surface area contributed by atoms with Gasteiger partial charge in [-0.1, -0.05) is 6.07 Å². The molecular weight excluding hydrogens is 247 g/mol. The molecule has 1 saturated heterocycles. The number of nitrogens with zero attached hydrogens (tertiary/aromatic N) is 1. The van der Waals surface area contributed by atoms with Crippen molar-refractivity contribution in [1.82, 2.24) is 10.3 Å². The fourth-order valence-electron chi connectivity index (χ4n) is 1.91. The highest BCUT2D eigenvalue weighted by Gasteiger charge is 2.14. The number of hydrogen-bond acceptors (Lipinski definition) is 3. The third-order valence-corrected chi connectivity index (χ3v) is 2.78. The normalized spacial score (nSPS) is 15.8. The van der Waals surface area contributed by atoms with Gasteiger partial charge in [-0.05, 0) is 37.4 Å². The Labute approximate surface area is 109 Å². The molecule has 0 unspecified atom stereocenters. The molecule has 2 rings (SSSR count). The summed E-state index contributed by atoms with van der Waals surface area (Å²) in [5, 5.41) is 3.36. The van der Waals surface area contributed by atoms with Crippen LogP contribution in [0.4, 0.5) is 0 Å². The monoisotopic (exact) mass is 264 g/mol. The lowest BCUT2D eigenvalue weighted by Gasteiger charge is -2.22. The second-order valence-corrected chi connectivity index (χ2v) is 3.66. The maximum absolute atomic E-state index is 5.03. The summed E-state index contributed by atoms with van der Waals surface area (Å²) in [6, 6.07) is 4.07. The minimum absolute atomic E-state index is 0. The molecule has 0 amide bonds. The topological polar surface area (TPSA) is 34.1 Å². The van der Waals surface area contributed by atoms with Crippen molar-refractivity contribution in [2.75, 3.05) is 20.2 Å². The summed E-state index contributed by atoms with van der Waals surface area (Å²) >= 11 is 0. The molecule has 3 nitrogen and oxygen atoms in total. The Kier molecular flexibility index (Phi) is 7.47. The van der Waals surface area contributed by atoms with Crippen LogP contribution in [0.1, 0.15) is 24.3 Å². The number of hydrogen-bond donors (Lipinski definition) is 1. The Balaban J connectivity index is 0.00000112. The van der Waals surface area contributed by atoms with Crippen LogP contribution in [0.25, 0.3) is 0 Å². The van der Waals surface area contributed by atoms with E-state index in [9.17, 15) is 0 Å². The van der Waals surface area contributed by atoms with E-state index in [0.29, 0.717) is 11.8 Å². The maximum Gasteiger partial charge on any atom is 0.212 e. The van der Waals surface area contributed by atoms with Crippen molar-refractivity contribution < 1.29 is 4.74 Å². The Bertz CT molecular complexity index is 287. The second kappa shape index (κ2) is 7.71. The van der Waals surface area contributed by atoms with Crippen LogP contribution in [0.2, 0.25) is 0 Å². The van der Waals surface area contributed by atoms with Crippen molar-refractivity contribution in [1.29, 1.82) is 0 Å². The predicted octanol–water partition coefficient (Wildman–Crippen LogP) is 2.40. The maximum atomic E-state index is 5.03. The molecule has 0 radical (unpaired) electrons. The molecule has 1 fully saturated rings. The molecular formula is C11H18Cl2N2O. The van der Waals surface area contributed by atoms with Crippen molar-refractivity contribution in [3.8, 4) is 5.88 Å². The van der Waals surface area contributed by atoms with Crippen LogP contribution in [0, 0.1) is 0 Å². The van der Waals surface area contributed by atoms with E-state index in [1.54, 1.807) is 7.11 Å². The number of rotatable bonds is 2. The van der Waals surface area contributed by atoms with Crippen molar-refractivity contribution in [2.45, 2.75) is 18.8 Å². The third kappa shape index (κ3) is 3.81. The highest BCUT2D eigenvalue weighted by atomic mass is 35.5. The highest BCUT2D eigenvalue weighted by molar-refractivity contribution is 5.85. The molecule has 1 aromatic heterocycles. The van der Waals surface area contributed by atoms with Gasteiger partial charge in [-0.2, -0.15) is 0 Å². The second-order valence-electron chi connectivity index (χ2n) is 3.66. The molecule has 5 heteroatoms.